The van der Waals surface area contributed by atoms with Crippen molar-refractivity contribution in [2.24, 2.45) is 4.99 Å². The molecule has 0 bridgehead atoms. The number of hydrogen-bond donors (Lipinski definition) is 2. The first kappa shape index (κ1) is 18.5. The number of nitrogens with zero attached hydrogens (tertiary/aromatic N) is 2. The number of guanidine groups is 1. The van der Waals surface area contributed by atoms with Crippen LogP contribution in [0.5, 0.6) is 0 Å². The average Bonchev–Trinajstić information content (AvgIpc) is 2.43. The zero-order chi connectivity index (χ0) is 13.4. The van der Waals surface area contributed by atoms with E-state index >= 15 is 0 Å². The molecule has 2 N–H and O–H groups in total. The van der Waals surface area contributed by atoms with Crippen molar-refractivity contribution in [3.8, 4) is 0 Å². The fraction of sp³-hybridized carbons (Fsp3) is 0.846. The summed E-state index contributed by atoms with van der Waals surface area (Å²) in [6.07, 6.45) is 4.53. The third kappa shape index (κ3) is 6.98. The molecule has 1 aliphatic heterocycles. The van der Waals surface area contributed by atoms with E-state index < -0.39 is 0 Å². The highest BCUT2D eigenvalue weighted by atomic mass is 127. The Bertz CT molecular complexity index is 290. The second kappa shape index (κ2) is 10.3. The highest BCUT2D eigenvalue weighted by Crippen LogP contribution is 2.08. The molecule has 0 aromatic carbocycles. The van der Waals surface area contributed by atoms with Gasteiger partial charge in [0, 0.05) is 26.2 Å². The number of carbonyl (C=O) groups excluding carboxylic acids is 1. The van der Waals surface area contributed by atoms with Crippen LogP contribution in [0, 0.1) is 0 Å². The Morgan fingerprint density at radius 1 is 1.32 bits per heavy atom. The van der Waals surface area contributed by atoms with Crippen molar-refractivity contribution in [3.63, 3.8) is 0 Å². The first-order chi connectivity index (χ1) is 8.67. The predicted molar refractivity (Wildman–Crippen MR) is 90.1 cm³/mol. The molecule has 1 saturated heterocycles. The van der Waals surface area contributed by atoms with Crippen molar-refractivity contribution in [2.75, 3.05) is 26.7 Å². The number of halogens is 1. The summed E-state index contributed by atoms with van der Waals surface area (Å²) in [5.41, 5.74) is 0. The van der Waals surface area contributed by atoms with Crippen LogP contribution in [-0.2, 0) is 4.79 Å². The summed E-state index contributed by atoms with van der Waals surface area (Å²) in [4.78, 5) is 18.0. The van der Waals surface area contributed by atoms with Crippen LogP contribution in [0.15, 0.2) is 4.99 Å². The third-order valence-electron chi connectivity index (χ3n) is 3.33. The lowest BCUT2D eigenvalue weighted by molar-refractivity contribution is -0.130. The SMILES string of the molecule is CCC(C)NC(=NC)NCC(=O)N1CCCCC1.I. The Morgan fingerprint density at radius 2 is 1.95 bits per heavy atom. The van der Waals surface area contributed by atoms with Gasteiger partial charge in [0.25, 0.3) is 0 Å². The van der Waals surface area contributed by atoms with E-state index in [1.54, 1.807) is 7.05 Å². The van der Waals surface area contributed by atoms with Crippen LogP contribution in [-0.4, -0.2) is 49.5 Å². The van der Waals surface area contributed by atoms with Gasteiger partial charge in [-0.25, -0.2) is 0 Å². The molecule has 0 saturated carbocycles. The first-order valence-electron chi connectivity index (χ1n) is 6.92. The molecule has 1 rings (SSSR count). The molecular weight excluding hydrogens is 355 g/mol. The van der Waals surface area contributed by atoms with E-state index in [9.17, 15) is 4.79 Å². The molecule has 0 aromatic rings. The van der Waals surface area contributed by atoms with Gasteiger partial charge in [-0.1, -0.05) is 6.92 Å². The quantitative estimate of drug-likeness (QED) is 0.441. The molecule has 0 radical (unpaired) electrons. The highest BCUT2D eigenvalue weighted by Gasteiger charge is 2.16. The largest absolute Gasteiger partial charge is 0.354 e. The number of likely N-dealkylation sites (tertiary alicyclic amines) is 1. The van der Waals surface area contributed by atoms with Gasteiger partial charge in [-0.15, -0.1) is 24.0 Å². The number of piperidine rings is 1. The van der Waals surface area contributed by atoms with Crippen molar-refractivity contribution in [3.05, 3.63) is 0 Å². The second-order valence-electron chi connectivity index (χ2n) is 4.82. The minimum Gasteiger partial charge on any atom is -0.354 e. The monoisotopic (exact) mass is 382 g/mol. The molecule has 0 aromatic heterocycles. The normalized spacial score (nSPS) is 17.4. The summed E-state index contributed by atoms with van der Waals surface area (Å²) < 4.78 is 0. The van der Waals surface area contributed by atoms with Crippen molar-refractivity contribution < 1.29 is 4.79 Å². The minimum atomic E-state index is 0. The van der Waals surface area contributed by atoms with Gasteiger partial charge in [0.15, 0.2) is 5.96 Å². The van der Waals surface area contributed by atoms with E-state index in [0.29, 0.717) is 18.5 Å². The summed E-state index contributed by atoms with van der Waals surface area (Å²) in [7, 11) is 1.73. The fourth-order valence-electron chi connectivity index (χ4n) is 1.94. The van der Waals surface area contributed by atoms with Crippen LogP contribution in [0.1, 0.15) is 39.5 Å². The molecule has 0 aliphatic carbocycles. The summed E-state index contributed by atoms with van der Waals surface area (Å²) in [5.74, 6) is 0.872. The predicted octanol–water partition coefficient (Wildman–Crippen LogP) is 1.58. The molecule has 19 heavy (non-hydrogen) atoms. The van der Waals surface area contributed by atoms with Gasteiger partial charge in [0.2, 0.25) is 5.91 Å². The highest BCUT2D eigenvalue weighted by molar-refractivity contribution is 14.0. The van der Waals surface area contributed by atoms with Crippen LogP contribution in [0.4, 0.5) is 0 Å². The molecule has 5 nitrogen and oxygen atoms in total. The molecule has 112 valence electrons. The molecular formula is C13H27IN4O. The van der Waals surface area contributed by atoms with E-state index in [1.165, 1.54) is 6.42 Å². The topological polar surface area (TPSA) is 56.7 Å². The van der Waals surface area contributed by atoms with Gasteiger partial charge in [-0.05, 0) is 32.6 Å². The number of hydrogen-bond acceptors (Lipinski definition) is 2. The molecule has 1 amide bonds. The Hall–Kier alpha value is -0.530. The maximum atomic E-state index is 12.0. The summed E-state index contributed by atoms with van der Waals surface area (Å²) >= 11 is 0. The standard InChI is InChI=1S/C13H26N4O.HI/c1-4-11(2)16-13(14-3)15-10-12(18)17-8-6-5-7-9-17;/h11H,4-10H2,1-3H3,(H2,14,15,16);1H. The van der Waals surface area contributed by atoms with E-state index in [-0.39, 0.29) is 29.9 Å². The van der Waals surface area contributed by atoms with Crippen molar-refractivity contribution in [2.45, 2.75) is 45.6 Å². The molecule has 6 heteroatoms. The molecule has 0 spiro atoms. The van der Waals surface area contributed by atoms with Gasteiger partial charge >= 0.3 is 0 Å². The van der Waals surface area contributed by atoms with Crippen LogP contribution in [0.2, 0.25) is 0 Å². The van der Waals surface area contributed by atoms with Gasteiger partial charge in [0.1, 0.15) is 0 Å². The van der Waals surface area contributed by atoms with E-state index in [4.69, 9.17) is 0 Å². The van der Waals surface area contributed by atoms with Gasteiger partial charge in [-0.2, -0.15) is 0 Å². The van der Waals surface area contributed by atoms with E-state index in [2.05, 4.69) is 29.5 Å². The Balaban J connectivity index is 0.00000324. The number of amides is 1. The molecule has 1 aliphatic rings. The molecule has 1 fully saturated rings. The van der Waals surface area contributed by atoms with Crippen LogP contribution >= 0.6 is 24.0 Å². The van der Waals surface area contributed by atoms with Crippen molar-refractivity contribution in [1.29, 1.82) is 0 Å². The lowest BCUT2D eigenvalue weighted by Crippen LogP contribution is -2.47. The Labute approximate surface area is 133 Å². The minimum absolute atomic E-state index is 0. The summed E-state index contributed by atoms with van der Waals surface area (Å²) in [6.45, 7) is 6.34. The summed E-state index contributed by atoms with van der Waals surface area (Å²) in [5, 5.41) is 6.32. The fourth-order valence-corrected chi connectivity index (χ4v) is 1.94. The van der Waals surface area contributed by atoms with E-state index in [0.717, 1.165) is 32.4 Å². The zero-order valence-electron chi connectivity index (χ0n) is 12.2. The zero-order valence-corrected chi connectivity index (χ0v) is 14.6. The third-order valence-corrected chi connectivity index (χ3v) is 3.33. The van der Waals surface area contributed by atoms with Crippen LogP contribution in [0.3, 0.4) is 0 Å². The lowest BCUT2D eigenvalue weighted by Gasteiger charge is -2.27. The maximum Gasteiger partial charge on any atom is 0.241 e. The Kier molecular flexibility index (Phi) is 9.99. The van der Waals surface area contributed by atoms with Crippen LogP contribution < -0.4 is 10.6 Å². The Morgan fingerprint density at radius 3 is 2.47 bits per heavy atom. The van der Waals surface area contributed by atoms with Crippen molar-refractivity contribution >= 4 is 35.8 Å². The van der Waals surface area contributed by atoms with Gasteiger partial charge in [-0.3, -0.25) is 9.79 Å². The van der Waals surface area contributed by atoms with E-state index in [1.807, 2.05) is 4.90 Å². The number of rotatable bonds is 4. The number of carbonyl (C=O) groups is 1. The number of nitrogens with one attached hydrogen (secondary N) is 2. The molecule has 1 heterocycles. The van der Waals surface area contributed by atoms with Crippen LogP contribution in [0.25, 0.3) is 0 Å². The average molecular weight is 382 g/mol. The second-order valence-corrected chi connectivity index (χ2v) is 4.82. The maximum absolute atomic E-state index is 12.0. The lowest BCUT2D eigenvalue weighted by atomic mass is 10.1. The van der Waals surface area contributed by atoms with Gasteiger partial charge < -0.3 is 15.5 Å². The van der Waals surface area contributed by atoms with Gasteiger partial charge in [0.05, 0.1) is 6.54 Å². The molecule has 1 atom stereocenters. The molecule has 1 unspecified atom stereocenters. The smallest absolute Gasteiger partial charge is 0.241 e. The number of aliphatic imine (C=N–C) groups is 1. The first-order valence-corrected chi connectivity index (χ1v) is 6.92. The van der Waals surface area contributed by atoms with Crippen molar-refractivity contribution in [1.82, 2.24) is 15.5 Å². The summed E-state index contributed by atoms with van der Waals surface area (Å²) in [6, 6.07) is 0.362.